The van der Waals surface area contributed by atoms with Gasteiger partial charge in [-0.25, -0.2) is 0 Å². The number of nitrogens with zero attached hydrogens (tertiary/aromatic N) is 2. The maximum Gasteiger partial charge on any atom is 0.241 e. The predicted molar refractivity (Wildman–Crippen MR) is 120 cm³/mol. The van der Waals surface area contributed by atoms with Crippen LogP contribution >= 0.6 is 0 Å². The van der Waals surface area contributed by atoms with E-state index in [0.29, 0.717) is 0 Å². The molecule has 0 saturated carbocycles. The number of piperazine rings is 1. The van der Waals surface area contributed by atoms with Gasteiger partial charge >= 0.3 is 0 Å². The van der Waals surface area contributed by atoms with E-state index >= 15 is 0 Å². The van der Waals surface area contributed by atoms with Gasteiger partial charge in [0, 0.05) is 38.4 Å². The second-order valence-corrected chi connectivity index (χ2v) is 7.84. The van der Waals surface area contributed by atoms with Crippen LogP contribution in [0, 0.1) is 0 Å². The molecule has 3 aromatic carbocycles. The Morgan fingerprint density at radius 2 is 1.59 bits per heavy atom. The van der Waals surface area contributed by atoms with Gasteiger partial charge in [0.1, 0.15) is 0 Å². The Kier molecular flexibility index (Phi) is 6.23. The van der Waals surface area contributed by atoms with Gasteiger partial charge in [-0.05, 0) is 41.8 Å². The summed E-state index contributed by atoms with van der Waals surface area (Å²) >= 11 is 0. The van der Waals surface area contributed by atoms with E-state index in [0.717, 1.165) is 50.2 Å². The van der Waals surface area contributed by atoms with Gasteiger partial charge in [0.15, 0.2) is 0 Å². The van der Waals surface area contributed by atoms with E-state index in [9.17, 15) is 4.79 Å². The first-order valence-corrected chi connectivity index (χ1v) is 10.5. The molecule has 0 bridgehead atoms. The van der Waals surface area contributed by atoms with Crippen molar-refractivity contribution in [2.45, 2.75) is 19.4 Å². The van der Waals surface area contributed by atoms with E-state index in [4.69, 9.17) is 0 Å². The standard InChI is InChI=1S/C25H29N3O/c1-20(25(29)26-24-12-11-22-9-5-6-10-23(22)19-24)28-17-15-27(16-18-28)14-13-21-7-3-2-4-8-21/h2-12,19-20H,13-18H2,1H3,(H,26,29). The first-order chi connectivity index (χ1) is 14.2. The normalized spacial score (nSPS) is 16.6. The molecule has 1 N–H and O–H groups in total. The number of rotatable bonds is 6. The minimum absolute atomic E-state index is 0.0676. The van der Waals surface area contributed by atoms with E-state index < -0.39 is 0 Å². The quantitative estimate of drug-likeness (QED) is 0.694. The Balaban J connectivity index is 1.27. The Morgan fingerprint density at radius 3 is 2.34 bits per heavy atom. The third-order valence-corrected chi connectivity index (χ3v) is 5.91. The molecule has 150 valence electrons. The van der Waals surface area contributed by atoms with Crippen LogP contribution in [0.4, 0.5) is 5.69 Å². The van der Waals surface area contributed by atoms with Crippen molar-refractivity contribution in [1.82, 2.24) is 9.80 Å². The van der Waals surface area contributed by atoms with Crippen molar-refractivity contribution in [1.29, 1.82) is 0 Å². The molecular formula is C25H29N3O. The average Bonchev–Trinajstić information content (AvgIpc) is 2.78. The molecule has 1 fully saturated rings. The highest BCUT2D eigenvalue weighted by atomic mass is 16.2. The van der Waals surface area contributed by atoms with Gasteiger partial charge in [-0.1, -0.05) is 60.7 Å². The van der Waals surface area contributed by atoms with Crippen LogP contribution < -0.4 is 5.32 Å². The highest BCUT2D eigenvalue weighted by molar-refractivity contribution is 5.97. The number of carbonyl (C=O) groups excluding carboxylic acids is 1. The zero-order valence-corrected chi connectivity index (χ0v) is 17.1. The van der Waals surface area contributed by atoms with Crippen LogP contribution in [0.25, 0.3) is 10.8 Å². The van der Waals surface area contributed by atoms with Crippen LogP contribution in [0.1, 0.15) is 12.5 Å². The van der Waals surface area contributed by atoms with E-state index in [2.05, 4.69) is 63.6 Å². The fourth-order valence-electron chi connectivity index (χ4n) is 3.99. The summed E-state index contributed by atoms with van der Waals surface area (Å²) in [5.41, 5.74) is 2.25. The Hall–Kier alpha value is -2.69. The van der Waals surface area contributed by atoms with E-state index in [1.165, 1.54) is 10.9 Å². The van der Waals surface area contributed by atoms with E-state index in [1.54, 1.807) is 0 Å². The first-order valence-electron chi connectivity index (χ1n) is 10.5. The molecule has 29 heavy (non-hydrogen) atoms. The third-order valence-electron chi connectivity index (χ3n) is 5.91. The van der Waals surface area contributed by atoms with Crippen LogP contribution in [-0.2, 0) is 11.2 Å². The molecule has 1 heterocycles. The van der Waals surface area contributed by atoms with Gasteiger partial charge in [0.2, 0.25) is 5.91 Å². The largest absolute Gasteiger partial charge is 0.325 e. The third kappa shape index (κ3) is 5.03. The highest BCUT2D eigenvalue weighted by Gasteiger charge is 2.25. The number of benzene rings is 3. The summed E-state index contributed by atoms with van der Waals surface area (Å²) in [6.07, 6.45) is 1.08. The first kappa shape index (κ1) is 19.6. The lowest BCUT2D eigenvalue weighted by atomic mass is 10.1. The number of carbonyl (C=O) groups is 1. The summed E-state index contributed by atoms with van der Waals surface area (Å²) in [7, 11) is 0. The van der Waals surface area contributed by atoms with Crippen LogP contribution in [0.3, 0.4) is 0 Å². The number of hydrogen-bond donors (Lipinski definition) is 1. The molecule has 1 aliphatic heterocycles. The van der Waals surface area contributed by atoms with E-state index in [-0.39, 0.29) is 11.9 Å². The highest BCUT2D eigenvalue weighted by Crippen LogP contribution is 2.19. The summed E-state index contributed by atoms with van der Waals surface area (Å²) in [5, 5.41) is 5.42. The van der Waals surface area contributed by atoms with Crippen molar-refractivity contribution < 1.29 is 4.79 Å². The fraction of sp³-hybridized carbons (Fsp3) is 0.320. The second-order valence-electron chi connectivity index (χ2n) is 7.84. The van der Waals surface area contributed by atoms with Gasteiger partial charge in [0.05, 0.1) is 6.04 Å². The maximum absolute atomic E-state index is 12.8. The zero-order valence-electron chi connectivity index (χ0n) is 17.1. The van der Waals surface area contributed by atoms with Gasteiger partial charge in [-0.3, -0.25) is 9.69 Å². The molecule has 4 rings (SSSR count). The molecule has 0 spiro atoms. The fourth-order valence-corrected chi connectivity index (χ4v) is 3.99. The van der Waals surface area contributed by atoms with Gasteiger partial charge in [-0.2, -0.15) is 0 Å². The van der Waals surface area contributed by atoms with Gasteiger partial charge in [0.25, 0.3) is 0 Å². The lowest BCUT2D eigenvalue weighted by Crippen LogP contribution is -2.53. The molecule has 1 atom stereocenters. The van der Waals surface area contributed by atoms with Crippen molar-refractivity contribution in [3.05, 3.63) is 78.4 Å². The minimum atomic E-state index is -0.127. The molecular weight excluding hydrogens is 358 g/mol. The molecule has 3 aromatic rings. The second kappa shape index (κ2) is 9.21. The molecule has 1 aliphatic rings. The summed E-state index contributed by atoms with van der Waals surface area (Å²) in [6.45, 7) is 6.98. The summed E-state index contributed by atoms with van der Waals surface area (Å²) < 4.78 is 0. The van der Waals surface area contributed by atoms with Crippen molar-refractivity contribution in [3.63, 3.8) is 0 Å². The molecule has 0 aliphatic carbocycles. The smallest absolute Gasteiger partial charge is 0.241 e. The molecule has 1 amide bonds. The van der Waals surface area contributed by atoms with Crippen LogP contribution in [-0.4, -0.2) is 54.5 Å². The summed E-state index contributed by atoms with van der Waals surface area (Å²) in [4.78, 5) is 17.6. The Morgan fingerprint density at radius 1 is 0.897 bits per heavy atom. The molecule has 0 radical (unpaired) electrons. The Bertz CT molecular complexity index is 948. The number of nitrogens with one attached hydrogen (secondary N) is 1. The van der Waals surface area contributed by atoms with Crippen molar-refractivity contribution >= 4 is 22.4 Å². The maximum atomic E-state index is 12.8. The average molecular weight is 388 g/mol. The topological polar surface area (TPSA) is 35.6 Å². The molecule has 0 aromatic heterocycles. The minimum Gasteiger partial charge on any atom is -0.325 e. The number of anilines is 1. The number of fused-ring (bicyclic) bond motifs is 1. The molecule has 4 heteroatoms. The number of amides is 1. The monoisotopic (exact) mass is 387 g/mol. The van der Waals surface area contributed by atoms with Crippen molar-refractivity contribution in [2.24, 2.45) is 0 Å². The molecule has 1 saturated heterocycles. The van der Waals surface area contributed by atoms with Crippen molar-refractivity contribution in [2.75, 3.05) is 38.0 Å². The molecule has 1 unspecified atom stereocenters. The predicted octanol–water partition coefficient (Wildman–Crippen LogP) is 4.03. The van der Waals surface area contributed by atoms with E-state index in [1.807, 2.05) is 31.2 Å². The van der Waals surface area contributed by atoms with Crippen LogP contribution in [0.2, 0.25) is 0 Å². The lowest BCUT2D eigenvalue weighted by molar-refractivity contribution is -0.121. The number of hydrogen-bond acceptors (Lipinski definition) is 3. The SMILES string of the molecule is CC(C(=O)Nc1ccc2ccccc2c1)N1CCN(CCc2ccccc2)CC1. The summed E-state index contributed by atoms with van der Waals surface area (Å²) in [5.74, 6) is 0.0676. The van der Waals surface area contributed by atoms with Gasteiger partial charge < -0.3 is 10.2 Å². The van der Waals surface area contributed by atoms with Crippen molar-refractivity contribution in [3.8, 4) is 0 Å². The Labute approximate surface area is 173 Å². The summed E-state index contributed by atoms with van der Waals surface area (Å²) in [6, 6.07) is 24.8. The van der Waals surface area contributed by atoms with Gasteiger partial charge in [-0.15, -0.1) is 0 Å². The molecule has 4 nitrogen and oxygen atoms in total. The van der Waals surface area contributed by atoms with Crippen LogP contribution in [0.5, 0.6) is 0 Å². The van der Waals surface area contributed by atoms with Crippen LogP contribution in [0.15, 0.2) is 72.8 Å². The lowest BCUT2D eigenvalue weighted by Gasteiger charge is -2.37. The zero-order chi connectivity index (χ0) is 20.1.